The van der Waals surface area contributed by atoms with Gasteiger partial charge in [-0.2, -0.15) is 0 Å². The van der Waals surface area contributed by atoms with Crippen molar-refractivity contribution < 1.29 is 4.74 Å². The average molecular weight is 413 g/mol. The Bertz CT molecular complexity index is 850. The van der Waals surface area contributed by atoms with Crippen LogP contribution in [0, 0.1) is 0 Å². The minimum atomic E-state index is 0.406. The molecule has 2 N–H and O–H groups in total. The quantitative estimate of drug-likeness (QED) is 0.564. The van der Waals surface area contributed by atoms with Crippen LogP contribution < -0.4 is 10.6 Å². The van der Waals surface area contributed by atoms with Crippen molar-refractivity contribution in [3.8, 4) is 0 Å². The summed E-state index contributed by atoms with van der Waals surface area (Å²) in [5, 5.41) is 7.83. The number of aliphatic imine (C=N–C) groups is 1. The van der Waals surface area contributed by atoms with E-state index in [0.717, 1.165) is 56.8 Å². The molecule has 1 aliphatic heterocycles. The van der Waals surface area contributed by atoms with E-state index in [1.807, 2.05) is 19.2 Å². The summed E-state index contributed by atoms with van der Waals surface area (Å²) >= 11 is 6.13. The zero-order valence-corrected chi connectivity index (χ0v) is 17.7. The van der Waals surface area contributed by atoms with E-state index in [-0.39, 0.29) is 0 Å². The fraction of sp³-hybridized carbons (Fsp3) is 0.435. The molecule has 0 aromatic heterocycles. The van der Waals surface area contributed by atoms with Crippen LogP contribution in [0.5, 0.6) is 0 Å². The van der Waals surface area contributed by atoms with Gasteiger partial charge >= 0.3 is 0 Å². The summed E-state index contributed by atoms with van der Waals surface area (Å²) in [6, 6.07) is 17.2. The van der Waals surface area contributed by atoms with E-state index < -0.39 is 0 Å². The van der Waals surface area contributed by atoms with Crippen molar-refractivity contribution in [3.05, 3.63) is 70.2 Å². The molecule has 5 nitrogen and oxygen atoms in total. The summed E-state index contributed by atoms with van der Waals surface area (Å²) in [5.74, 6) is 1.35. The van der Waals surface area contributed by atoms with Crippen LogP contribution in [0.4, 0.5) is 0 Å². The highest BCUT2D eigenvalue weighted by atomic mass is 35.5. The van der Waals surface area contributed by atoms with Crippen molar-refractivity contribution in [2.45, 2.75) is 31.5 Å². The van der Waals surface area contributed by atoms with E-state index in [1.165, 1.54) is 16.7 Å². The molecule has 2 fully saturated rings. The lowest BCUT2D eigenvalue weighted by Gasteiger charge is -2.27. The number of nitrogens with zero attached hydrogens (tertiary/aromatic N) is 2. The first kappa shape index (κ1) is 20.2. The summed E-state index contributed by atoms with van der Waals surface area (Å²) in [6.45, 7) is 5.37. The molecule has 2 unspecified atom stereocenters. The van der Waals surface area contributed by atoms with Gasteiger partial charge in [-0.05, 0) is 35.2 Å². The lowest BCUT2D eigenvalue weighted by molar-refractivity contribution is 0.0341. The second-order valence-electron chi connectivity index (χ2n) is 7.73. The first-order chi connectivity index (χ1) is 14.2. The molecule has 1 heterocycles. The van der Waals surface area contributed by atoms with Crippen LogP contribution in [-0.2, 0) is 17.8 Å². The molecule has 1 saturated carbocycles. The first-order valence-electron chi connectivity index (χ1n) is 10.3. The first-order valence-corrected chi connectivity index (χ1v) is 10.7. The molecule has 4 rings (SSSR count). The number of hydrogen-bond donors (Lipinski definition) is 2. The Kier molecular flexibility index (Phi) is 6.70. The summed E-state index contributed by atoms with van der Waals surface area (Å²) < 4.78 is 5.47. The number of benzene rings is 2. The Morgan fingerprint density at radius 2 is 1.93 bits per heavy atom. The number of rotatable bonds is 6. The molecular weight excluding hydrogens is 384 g/mol. The van der Waals surface area contributed by atoms with Crippen LogP contribution in [0.25, 0.3) is 0 Å². The summed E-state index contributed by atoms with van der Waals surface area (Å²) in [7, 11) is 1.83. The number of hydrogen-bond acceptors (Lipinski definition) is 3. The van der Waals surface area contributed by atoms with E-state index in [9.17, 15) is 0 Å². The largest absolute Gasteiger partial charge is 0.379 e. The van der Waals surface area contributed by atoms with Crippen molar-refractivity contribution in [3.63, 3.8) is 0 Å². The predicted molar refractivity (Wildman–Crippen MR) is 118 cm³/mol. The standard InChI is InChI=1S/C23H29ClN4O/c1-25-23(27-22-14-21(22)17-7-4-8-20(24)13-17)26-15-18-5-2-3-6-19(18)16-28-9-11-29-12-10-28/h2-8,13,21-22H,9-12,14-16H2,1H3,(H2,25,26,27). The number of nitrogens with one attached hydrogen (secondary N) is 2. The minimum absolute atomic E-state index is 0.406. The van der Waals surface area contributed by atoms with E-state index >= 15 is 0 Å². The molecule has 1 aliphatic carbocycles. The van der Waals surface area contributed by atoms with E-state index in [1.54, 1.807) is 0 Å². The molecule has 0 bridgehead atoms. The van der Waals surface area contributed by atoms with E-state index in [0.29, 0.717) is 12.0 Å². The second-order valence-corrected chi connectivity index (χ2v) is 8.17. The highest BCUT2D eigenvalue weighted by Crippen LogP contribution is 2.41. The van der Waals surface area contributed by atoms with Crippen LogP contribution in [-0.4, -0.2) is 50.3 Å². The fourth-order valence-corrected chi connectivity index (χ4v) is 4.09. The monoisotopic (exact) mass is 412 g/mol. The van der Waals surface area contributed by atoms with E-state index in [4.69, 9.17) is 16.3 Å². The van der Waals surface area contributed by atoms with Gasteiger partial charge in [0.15, 0.2) is 5.96 Å². The topological polar surface area (TPSA) is 48.9 Å². The number of halogens is 1. The van der Waals surface area contributed by atoms with Gasteiger partial charge in [-0.25, -0.2) is 0 Å². The Morgan fingerprint density at radius 1 is 1.14 bits per heavy atom. The highest BCUT2D eigenvalue weighted by molar-refractivity contribution is 6.30. The van der Waals surface area contributed by atoms with Crippen LogP contribution in [0.1, 0.15) is 29.0 Å². The van der Waals surface area contributed by atoms with Gasteiger partial charge in [-0.1, -0.05) is 48.0 Å². The van der Waals surface area contributed by atoms with Gasteiger partial charge in [0, 0.05) is 50.2 Å². The summed E-state index contributed by atoms with van der Waals surface area (Å²) in [5.41, 5.74) is 3.96. The van der Waals surface area contributed by atoms with Gasteiger partial charge < -0.3 is 15.4 Å². The Hall–Kier alpha value is -2.08. The van der Waals surface area contributed by atoms with Gasteiger partial charge in [-0.15, -0.1) is 0 Å². The minimum Gasteiger partial charge on any atom is -0.379 e. The molecule has 2 aromatic rings. The lowest BCUT2D eigenvalue weighted by Crippen LogP contribution is -2.39. The molecule has 2 aliphatic rings. The third kappa shape index (κ3) is 5.50. The maximum Gasteiger partial charge on any atom is 0.191 e. The lowest BCUT2D eigenvalue weighted by atomic mass is 10.1. The Labute approximate surface area is 178 Å². The average Bonchev–Trinajstić information content (AvgIpc) is 3.52. The Balaban J connectivity index is 1.31. The van der Waals surface area contributed by atoms with Gasteiger partial charge in [0.1, 0.15) is 0 Å². The van der Waals surface area contributed by atoms with Crippen LogP contribution in [0.15, 0.2) is 53.5 Å². The summed E-state index contributed by atoms with van der Waals surface area (Å²) in [4.78, 5) is 6.87. The van der Waals surface area contributed by atoms with Gasteiger partial charge in [0.05, 0.1) is 13.2 Å². The molecule has 0 spiro atoms. The number of ether oxygens (including phenoxy) is 1. The summed E-state index contributed by atoms with van der Waals surface area (Å²) in [6.07, 6.45) is 1.11. The molecule has 0 radical (unpaired) electrons. The van der Waals surface area contributed by atoms with Crippen LogP contribution in [0.2, 0.25) is 5.02 Å². The SMILES string of the molecule is CN=C(NCc1ccccc1CN1CCOCC1)NC1CC1c1cccc(Cl)c1. The smallest absolute Gasteiger partial charge is 0.191 e. The maximum atomic E-state index is 6.13. The highest BCUT2D eigenvalue weighted by Gasteiger charge is 2.39. The zero-order chi connectivity index (χ0) is 20.1. The third-order valence-corrected chi connectivity index (χ3v) is 5.91. The van der Waals surface area contributed by atoms with Gasteiger partial charge in [-0.3, -0.25) is 9.89 Å². The normalized spacial score (nSPS) is 22.3. The number of guanidine groups is 1. The van der Waals surface area contributed by atoms with Gasteiger partial charge in [0.25, 0.3) is 0 Å². The van der Waals surface area contributed by atoms with Crippen molar-refractivity contribution in [1.29, 1.82) is 0 Å². The van der Waals surface area contributed by atoms with Crippen molar-refractivity contribution in [2.24, 2.45) is 4.99 Å². The van der Waals surface area contributed by atoms with Gasteiger partial charge in [0.2, 0.25) is 0 Å². The van der Waals surface area contributed by atoms with Crippen LogP contribution >= 0.6 is 11.6 Å². The molecule has 29 heavy (non-hydrogen) atoms. The van der Waals surface area contributed by atoms with E-state index in [2.05, 4.69) is 56.9 Å². The molecule has 0 amide bonds. The van der Waals surface area contributed by atoms with Crippen molar-refractivity contribution in [2.75, 3.05) is 33.4 Å². The second kappa shape index (κ2) is 9.61. The molecule has 2 atom stereocenters. The molecule has 6 heteroatoms. The van der Waals surface area contributed by atoms with Crippen molar-refractivity contribution in [1.82, 2.24) is 15.5 Å². The zero-order valence-electron chi connectivity index (χ0n) is 16.9. The predicted octanol–water partition coefficient (Wildman–Crippen LogP) is 3.39. The fourth-order valence-electron chi connectivity index (χ4n) is 3.89. The third-order valence-electron chi connectivity index (χ3n) is 5.68. The number of morpholine rings is 1. The van der Waals surface area contributed by atoms with Crippen molar-refractivity contribution >= 4 is 17.6 Å². The molecule has 154 valence electrons. The molecule has 2 aromatic carbocycles. The Morgan fingerprint density at radius 3 is 2.69 bits per heavy atom. The van der Waals surface area contributed by atoms with Crippen LogP contribution in [0.3, 0.4) is 0 Å². The molecule has 1 saturated heterocycles. The maximum absolute atomic E-state index is 6.13. The molecular formula is C23H29ClN4O.